The Morgan fingerprint density at radius 2 is 1.94 bits per heavy atom. The van der Waals surface area contributed by atoms with E-state index in [-0.39, 0.29) is 18.3 Å². The fraction of sp³-hybridized carbons (Fsp3) is 0.909. The largest absolute Gasteiger partial charge is 0.383 e. The number of likely N-dealkylation sites (tertiary alicyclic amines) is 1. The Morgan fingerprint density at radius 1 is 1.44 bits per heavy atom. The van der Waals surface area contributed by atoms with Crippen molar-refractivity contribution in [2.45, 2.75) is 51.2 Å². The molecule has 0 aromatic heterocycles. The van der Waals surface area contributed by atoms with Gasteiger partial charge in [0.1, 0.15) is 6.04 Å². The molecule has 5 heteroatoms. The minimum absolute atomic E-state index is 0. The molecule has 0 aromatic carbocycles. The Kier molecular flexibility index (Phi) is 6.95. The number of halogens is 1. The fourth-order valence-electron chi connectivity index (χ4n) is 2.30. The molecular weight excluding hydrogens is 228 g/mol. The van der Waals surface area contributed by atoms with Crippen LogP contribution in [0.2, 0.25) is 0 Å². The highest BCUT2D eigenvalue weighted by Crippen LogP contribution is 2.22. The number of carbonyl (C=O) groups is 1. The quantitative estimate of drug-likeness (QED) is 0.818. The summed E-state index contributed by atoms with van der Waals surface area (Å²) in [5.74, 6) is 0.0246. The normalized spacial score (nSPS) is 27.1. The van der Waals surface area contributed by atoms with Gasteiger partial charge in [-0.2, -0.15) is 0 Å². The molecule has 1 amide bonds. The summed E-state index contributed by atoms with van der Waals surface area (Å²) < 4.78 is 4.91. The van der Waals surface area contributed by atoms with Crippen LogP contribution in [0, 0.1) is 0 Å². The van der Waals surface area contributed by atoms with Crippen LogP contribution in [0.25, 0.3) is 0 Å². The number of rotatable bonds is 3. The molecule has 0 aromatic rings. The molecule has 1 aliphatic heterocycles. The van der Waals surface area contributed by atoms with Crippen LogP contribution in [-0.4, -0.2) is 42.6 Å². The second-order valence-electron chi connectivity index (χ2n) is 4.44. The van der Waals surface area contributed by atoms with Crippen LogP contribution in [0.1, 0.15) is 33.1 Å². The second kappa shape index (κ2) is 7.09. The third-order valence-corrected chi connectivity index (χ3v) is 3.11. The van der Waals surface area contributed by atoms with Gasteiger partial charge in [0.2, 0.25) is 5.91 Å². The van der Waals surface area contributed by atoms with Crippen LogP contribution in [0.5, 0.6) is 0 Å². The molecule has 1 fully saturated rings. The van der Waals surface area contributed by atoms with E-state index in [2.05, 4.69) is 13.8 Å². The number of nitrogens with zero attached hydrogens (tertiary/aromatic N) is 1. The molecule has 0 aliphatic carbocycles. The number of ether oxygens (including phenoxy) is 1. The van der Waals surface area contributed by atoms with Crippen molar-refractivity contribution < 1.29 is 9.53 Å². The van der Waals surface area contributed by atoms with Crippen molar-refractivity contribution in [3.05, 3.63) is 0 Å². The van der Waals surface area contributed by atoms with Crippen LogP contribution >= 0.6 is 12.4 Å². The molecule has 0 spiro atoms. The lowest BCUT2D eigenvalue weighted by molar-refractivity contribution is -0.139. The Morgan fingerprint density at radius 3 is 2.38 bits per heavy atom. The van der Waals surface area contributed by atoms with Gasteiger partial charge in [-0.25, -0.2) is 0 Å². The molecule has 0 radical (unpaired) electrons. The first kappa shape index (κ1) is 15.7. The lowest BCUT2D eigenvalue weighted by atomic mass is 9.96. The van der Waals surface area contributed by atoms with Crippen LogP contribution in [0.3, 0.4) is 0 Å². The monoisotopic (exact) mass is 250 g/mol. The van der Waals surface area contributed by atoms with Gasteiger partial charge in [0.05, 0.1) is 6.61 Å². The van der Waals surface area contributed by atoms with Gasteiger partial charge in [0.25, 0.3) is 0 Å². The van der Waals surface area contributed by atoms with Crippen molar-refractivity contribution in [3.63, 3.8) is 0 Å². The van der Waals surface area contributed by atoms with Crippen LogP contribution in [-0.2, 0) is 9.53 Å². The lowest BCUT2D eigenvalue weighted by Crippen LogP contribution is -2.54. The number of carbonyl (C=O) groups excluding carboxylic acids is 1. The summed E-state index contributed by atoms with van der Waals surface area (Å²) >= 11 is 0. The first-order chi connectivity index (χ1) is 7.07. The summed E-state index contributed by atoms with van der Waals surface area (Å²) in [6, 6.07) is 0.103. The highest BCUT2D eigenvalue weighted by Gasteiger charge is 2.31. The van der Waals surface area contributed by atoms with Gasteiger partial charge < -0.3 is 15.4 Å². The number of amides is 1. The van der Waals surface area contributed by atoms with Crippen molar-refractivity contribution in [3.8, 4) is 0 Å². The van der Waals surface area contributed by atoms with Gasteiger partial charge in [-0.3, -0.25) is 4.79 Å². The molecule has 1 rings (SSSR count). The van der Waals surface area contributed by atoms with Crippen molar-refractivity contribution in [1.29, 1.82) is 0 Å². The summed E-state index contributed by atoms with van der Waals surface area (Å²) in [7, 11) is 1.57. The average Bonchev–Trinajstić information content (AvgIpc) is 2.17. The number of hydrogen-bond acceptors (Lipinski definition) is 3. The van der Waals surface area contributed by atoms with Gasteiger partial charge in [-0.1, -0.05) is 0 Å². The van der Waals surface area contributed by atoms with E-state index in [1.807, 2.05) is 4.90 Å². The summed E-state index contributed by atoms with van der Waals surface area (Å²) in [5, 5.41) is 0. The van der Waals surface area contributed by atoms with Crippen molar-refractivity contribution in [1.82, 2.24) is 4.90 Å². The summed E-state index contributed by atoms with van der Waals surface area (Å²) in [6.45, 7) is 4.48. The zero-order chi connectivity index (χ0) is 11.4. The van der Waals surface area contributed by atoms with Gasteiger partial charge in [0, 0.05) is 19.2 Å². The number of methoxy groups -OCH3 is 1. The molecule has 2 N–H and O–H groups in total. The molecular formula is C11H23ClN2O2. The van der Waals surface area contributed by atoms with Gasteiger partial charge in [-0.05, 0) is 33.1 Å². The van der Waals surface area contributed by atoms with Crippen LogP contribution in [0.15, 0.2) is 0 Å². The van der Waals surface area contributed by atoms with E-state index in [0.717, 1.165) is 12.8 Å². The molecule has 1 saturated heterocycles. The highest BCUT2D eigenvalue weighted by molar-refractivity contribution is 5.85. The second-order valence-corrected chi connectivity index (χ2v) is 4.44. The molecule has 0 bridgehead atoms. The number of nitrogens with two attached hydrogens (primary N) is 1. The third kappa shape index (κ3) is 3.61. The fourth-order valence-corrected chi connectivity index (χ4v) is 2.30. The maximum Gasteiger partial charge on any atom is 0.242 e. The topological polar surface area (TPSA) is 55.6 Å². The Hall–Kier alpha value is -0.320. The van der Waals surface area contributed by atoms with E-state index >= 15 is 0 Å². The summed E-state index contributed by atoms with van der Waals surface area (Å²) in [6.07, 6.45) is 3.36. The first-order valence-electron chi connectivity index (χ1n) is 5.64. The molecule has 3 unspecified atom stereocenters. The van der Waals surface area contributed by atoms with Gasteiger partial charge in [-0.15, -0.1) is 12.4 Å². The number of piperidine rings is 1. The molecule has 4 nitrogen and oxygen atoms in total. The summed E-state index contributed by atoms with van der Waals surface area (Å²) in [4.78, 5) is 14.0. The van der Waals surface area contributed by atoms with E-state index in [1.165, 1.54) is 6.42 Å². The predicted octanol–water partition coefficient (Wildman–Crippen LogP) is 1.17. The Balaban J connectivity index is 0.00000225. The smallest absolute Gasteiger partial charge is 0.242 e. The van der Waals surface area contributed by atoms with Crippen molar-refractivity contribution in [2.75, 3.05) is 13.7 Å². The summed E-state index contributed by atoms with van der Waals surface area (Å²) in [5.41, 5.74) is 5.77. The zero-order valence-corrected chi connectivity index (χ0v) is 11.1. The lowest BCUT2D eigenvalue weighted by Gasteiger charge is -2.40. The van der Waals surface area contributed by atoms with Crippen molar-refractivity contribution >= 4 is 18.3 Å². The zero-order valence-electron chi connectivity index (χ0n) is 10.3. The standard InChI is InChI=1S/C11H22N2O2.ClH/c1-8-5-4-6-9(2)13(8)11(14)10(12)7-15-3;/h8-10H,4-7,12H2,1-3H3;1H. The van der Waals surface area contributed by atoms with Gasteiger partial charge in [0.15, 0.2) is 0 Å². The number of hydrogen-bond donors (Lipinski definition) is 1. The molecule has 16 heavy (non-hydrogen) atoms. The van der Waals surface area contributed by atoms with Crippen molar-refractivity contribution in [2.24, 2.45) is 5.73 Å². The van der Waals surface area contributed by atoms with E-state index in [1.54, 1.807) is 7.11 Å². The van der Waals surface area contributed by atoms with Crippen LogP contribution in [0.4, 0.5) is 0 Å². The first-order valence-corrected chi connectivity index (χ1v) is 5.64. The molecule has 1 aliphatic rings. The van der Waals surface area contributed by atoms with E-state index < -0.39 is 6.04 Å². The van der Waals surface area contributed by atoms with E-state index in [0.29, 0.717) is 18.7 Å². The Bertz CT molecular complexity index is 216. The third-order valence-electron chi connectivity index (χ3n) is 3.11. The molecule has 3 atom stereocenters. The predicted molar refractivity (Wildman–Crippen MR) is 66.7 cm³/mol. The highest BCUT2D eigenvalue weighted by atomic mass is 35.5. The minimum atomic E-state index is -0.516. The SMILES string of the molecule is COCC(N)C(=O)N1C(C)CCCC1C.Cl. The van der Waals surface area contributed by atoms with Gasteiger partial charge >= 0.3 is 0 Å². The van der Waals surface area contributed by atoms with E-state index in [4.69, 9.17) is 10.5 Å². The minimum Gasteiger partial charge on any atom is -0.383 e. The van der Waals surface area contributed by atoms with Crippen LogP contribution < -0.4 is 5.73 Å². The molecule has 1 heterocycles. The molecule has 96 valence electrons. The maximum atomic E-state index is 12.0. The maximum absolute atomic E-state index is 12.0. The molecule has 0 saturated carbocycles. The van der Waals surface area contributed by atoms with E-state index in [9.17, 15) is 4.79 Å². The average molecular weight is 251 g/mol. The Labute approximate surface area is 104 Å².